The van der Waals surface area contributed by atoms with Crippen molar-refractivity contribution in [1.82, 2.24) is 4.90 Å². The standard InChI is InChI=1S/C8H7NO3.C6H11NO3/c10-6-12-5-7-1-3-8(9-11)4-2-7;1-7-3-4(8)2-5(7)6(9)10/h1-4,6H,5H2;4-5,8H,2-3H2,1H3,(H,9,10)/t;4-,5+/m.1/s1. The highest BCUT2D eigenvalue weighted by Gasteiger charge is 2.32. The smallest absolute Gasteiger partial charge is 0.321 e. The van der Waals surface area contributed by atoms with E-state index >= 15 is 0 Å². The number of benzene rings is 1. The number of hydrogen-bond acceptors (Lipinski definition) is 7. The summed E-state index contributed by atoms with van der Waals surface area (Å²) in [6.07, 6.45) is -0.114. The molecule has 0 amide bonds. The molecule has 1 aliphatic heterocycles. The normalized spacial score (nSPS) is 20.6. The van der Waals surface area contributed by atoms with Gasteiger partial charge in [-0.05, 0) is 29.9 Å². The average Bonchev–Trinajstić information content (AvgIpc) is 2.85. The quantitative estimate of drug-likeness (QED) is 0.612. The SMILES string of the molecule is CN1C[C@H](O)C[C@H]1C(=O)O.O=COCc1ccc(N=O)cc1. The number of rotatable bonds is 5. The molecule has 120 valence electrons. The summed E-state index contributed by atoms with van der Waals surface area (Å²) < 4.78 is 4.50. The maximum Gasteiger partial charge on any atom is 0.321 e. The van der Waals surface area contributed by atoms with Crippen LogP contribution in [0, 0.1) is 4.91 Å². The Bertz CT molecular complexity index is 505. The number of carboxylic acids is 1. The molecule has 0 radical (unpaired) electrons. The summed E-state index contributed by atoms with van der Waals surface area (Å²) in [6.45, 7) is 1.07. The number of aliphatic hydroxyl groups is 1. The Morgan fingerprint density at radius 1 is 1.45 bits per heavy atom. The molecule has 0 saturated carbocycles. The van der Waals surface area contributed by atoms with Gasteiger partial charge in [0.15, 0.2) is 0 Å². The molecule has 2 atom stereocenters. The Morgan fingerprint density at radius 2 is 2.09 bits per heavy atom. The zero-order chi connectivity index (χ0) is 16.5. The van der Waals surface area contributed by atoms with Gasteiger partial charge in [0.05, 0.1) is 6.10 Å². The summed E-state index contributed by atoms with van der Waals surface area (Å²) in [5.74, 6) is -0.848. The molecule has 22 heavy (non-hydrogen) atoms. The van der Waals surface area contributed by atoms with Crippen molar-refractivity contribution in [2.24, 2.45) is 5.18 Å². The van der Waals surface area contributed by atoms with E-state index in [9.17, 15) is 14.5 Å². The zero-order valence-electron chi connectivity index (χ0n) is 12.1. The molecule has 1 saturated heterocycles. The van der Waals surface area contributed by atoms with Crippen molar-refractivity contribution < 1.29 is 24.5 Å². The van der Waals surface area contributed by atoms with Crippen LogP contribution >= 0.6 is 0 Å². The maximum atomic E-state index is 10.4. The molecule has 1 fully saturated rings. The van der Waals surface area contributed by atoms with Crippen LogP contribution in [0.3, 0.4) is 0 Å². The maximum absolute atomic E-state index is 10.4. The zero-order valence-corrected chi connectivity index (χ0v) is 12.1. The first-order valence-corrected chi connectivity index (χ1v) is 6.56. The summed E-state index contributed by atoms with van der Waals surface area (Å²) in [5, 5.41) is 20.3. The predicted octanol–water partition coefficient (Wildman–Crippen LogP) is 0.894. The van der Waals surface area contributed by atoms with E-state index in [-0.39, 0.29) is 6.61 Å². The second kappa shape index (κ2) is 8.85. The number of carboxylic acid groups (broad SMARTS) is 1. The van der Waals surface area contributed by atoms with E-state index < -0.39 is 18.1 Å². The molecule has 8 nitrogen and oxygen atoms in total. The van der Waals surface area contributed by atoms with Crippen LogP contribution in [0.1, 0.15) is 12.0 Å². The lowest BCUT2D eigenvalue weighted by molar-refractivity contribution is -0.141. The molecule has 1 heterocycles. The third-order valence-corrected chi connectivity index (χ3v) is 3.17. The number of nitroso groups, excluding NO2 is 1. The van der Waals surface area contributed by atoms with Gasteiger partial charge in [0.25, 0.3) is 6.47 Å². The van der Waals surface area contributed by atoms with Crippen LogP contribution in [0.15, 0.2) is 29.4 Å². The van der Waals surface area contributed by atoms with Gasteiger partial charge in [0.1, 0.15) is 18.3 Å². The summed E-state index contributed by atoms with van der Waals surface area (Å²) in [5.41, 5.74) is 1.19. The van der Waals surface area contributed by atoms with Gasteiger partial charge in [-0.3, -0.25) is 14.5 Å². The van der Waals surface area contributed by atoms with Gasteiger partial charge in [0.2, 0.25) is 0 Å². The highest BCUT2D eigenvalue weighted by Crippen LogP contribution is 2.15. The number of likely N-dealkylation sites (tertiary alicyclic amines) is 1. The van der Waals surface area contributed by atoms with Crippen LogP contribution in [0.2, 0.25) is 0 Å². The van der Waals surface area contributed by atoms with Gasteiger partial charge in [-0.2, -0.15) is 0 Å². The Hall–Kier alpha value is -2.32. The van der Waals surface area contributed by atoms with E-state index in [1.807, 2.05) is 0 Å². The summed E-state index contributed by atoms with van der Waals surface area (Å²) in [6, 6.07) is 6.00. The largest absolute Gasteiger partial charge is 0.480 e. The third kappa shape index (κ3) is 5.58. The van der Waals surface area contributed by atoms with E-state index in [0.29, 0.717) is 25.1 Å². The van der Waals surface area contributed by atoms with E-state index in [0.717, 1.165) is 5.56 Å². The average molecular weight is 310 g/mol. The summed E-state index contributed by atoms with van der Waals surface area (Å²) in [7, 11) is 1.70. The van der Waals surface area contributed by atoms with Crippen LogP contribution in [-0.2, 0) is 20.9 Å². The lowest BCUT2D eigenvalue weighted by Crippen LogP contribution is -2.32. The van der Waals surface area contributed by atoms with Gasteiger partial charge < -0.3 is 14.9 Å². The Labute approximate surface area is 127 Å². The van der Waals surface area contributed by atoms with Crippen molar-refractivity contribution >= 4 is 18.1 Å². The number of carbonyl (C=O) groups is 2. The first kappa shape index (κ1) is 17.7. The number of aliphatic hydroxyl groups excluding tert-OH is 1. The lowest BCUT2D eigenvalue weighted by Gasteiger charge is -2.12. The fraction of sp³-hybridized carbons (Fsp3) is 0.429. The molecule has 0 aromatic heterocycles. The molecule has 2 N–H and O–H groups in total. The van der Waals surface area contributed by atoms with Gasteiger partial charge in [-0.25, -0.2) is 0 Å². The molecule has 0 bridgehead atoms. The number of ether oxygens (including phenoxy) is 1. The number of hydrogen-bond donors (Lipinski definition) is 2. The molecule has 1 aromatic carbocycles. The topological polar surface area (TPSA) is 116 Å². The first-order chi connectivity index (χ1) is 10.5. The minimum absolute atomic E-state index is 0.225. The molecule has 8 heteroatoms. The molecular formula is C14H18N2O6. The van der Waals surface area contributed by atoms with E-state index in [2.05, 4.69) is 9.91 Å². The van der Waals surface area contributed by atoms with Crippen molar-refractivity contribution in [3.8, 4) is 0 Å². The Kier molecular flexibility index (Phi) is 7.14. The molecule has 0 aliphatic carbocycles. The van der Waals surface area contributed by atoms with Crippen molar-refractivity contribution in [3.05, 3.63) is 34.7 Å². The Balaban J connectivity index is 0.000000224. The van der Waals surface area contributed by atoms with Gasteiger partial charge in [-0.15, -0.1) is 4.91 Å². The highest BCUT2D eigenvalue weighted by atomic mass is 16.5. The Morgan fingerprint density at radius 3 is 2.45 bits per heavy atom. The minimum atomic E-state index is -0.848. The molecular weight excluding hydrogens is 292 g/mol. The van der Waals surface area contributed by atoms with Gasteiger partial charge in [-0.1, -0.05) is 12.1 Å². The fourth-order valence-electron chi connectivity index (χ4n) is 2.04. The molecule has 0 unspecified atom stereocenters. The van der Waals surface area contributed by atoms with Crippen LogP contribution in [0.25, 0.3) is 0 Å². The molecule has 1 aliphatic rings. The minimum Gasteiger partial charge on any atom is -0.480 e. The van der Waals surface area contributed by atoms with E-state index in [1.54, 1.807) is 36.2 Å². The summed E-state index contributed by atoms with van der Waals surface area (Å²) >= 11 is 0. The van der Waals surface area contributed by atoms with E-state index in [4.69, 9.17) is 10.2 Å². The van der Waals surface area contributed by atoms with E-state index in [1.165, 1.54) is 0 Å². The van der Waals surface area contributed by atoms with Crippen LogP contribution in [0.5, 0.6) is 0 Å². The lowest BCUT2D eigenvalue weighted by atomic mass is 10.2. The predicted molar refractivity (Wildman–Crippen MR) is 77.4 cm³/mol. The molecule has 1 aromatic rings. The monoisotopic (exact) mass is 310 g/mol. The molecule has 0 spiro atoms. The fourth-order valence-corrected chi connectivity index (χ4v) is 2.04. The van der Waals surface area contributed by atoms with Crippen LogP contribution in [0.4, 0.5) is 5.69 Å². The van der Waals surface area contributed by atoms with Crippen molar-refractivity contribution in [2.75, 3.05) is 13.6 Å². The number of nitrogens with zero attached hydrogens (tertiary/aromatic N) is 2. The number of β-amino-alcohol motifs (C(OH)–C–C–N with tert-alkyl or cyclic N) is 1. The third-order valence-electron chi connectivity index (χ3n) is 3.17. The highest BCUT2D eigenvalue weighted by molar-refractivity contribution is 5.73. The van der Waals surface area contributed by atoms with Crippen LogP contribution in [-0.4, -0.2) is 53.3 Å². The molecule has 2 rings (SSSR count). The summed E-state index contributed by atoms with van der Waals surface area (Å²) in [4.78, 5) is 31.9. The van der Waals surface area contributed by atoms with Crippen molar-refractivity contribution in [3.63, 3.8) is 0 Å². The van der Waals surface area contributed by atoms with Gasteiger partial charge >= 0.3 is 5.97 Å². The number of carbonyl (C=O) groups excluding carboxylic acids is 1. The van der Waals surface area contributed by atoms with Crippen LogP contribution < -0.4 is 0 Å². The number of likely N-dealkylation sites (N-methyl/N-ethyl adjacent to an activating group) is 1. The first-order valence-electron chi connectivity index (χ1n) is 6.56. The second-order valence-electron chi connectivity index (χ2n) is 4.85. The van der Waals surface area contributed by atoms with Crippen molar-refractivity contribution in [1.29, 1.82) is 0 Å². The number of aliphatic carboxylic acids is 1. The second-order valence-corrected chi connectivity index (χ2v) is 4.85. The van der Waals surface area contributed by atoms with Gasteiger partial charge in [0, 0.05) is 13.0 Å². The van der Waals surface area contributed by atoms with Crippen molar-refractivity contribution in [2.45, 2.75) is 25.2 Å².